The molecule has 0 radical (unpaired) electrons. The van der Waals surface area contributed by atoms with E-state index in [-0.39, 0.29) is 11.5 Å². The number of fused-ring (bicyclic) bond motifs is 2. The van der Waals surface area contributed by atoms with Crippen LogP contribution in [0.1, 0.15) is 19.4 Å². The van der Waals surface area contributed by atoms with Crippen LogP contribution in [-0.2, 0) is 27.9 Å². The summed E-state index contributed by atoms with van der Waals surface area (Å²) in [6.07, 6.45) is 2.49. The number of rotatable bonds is 5. The molecule has 1 aliphatic heterocycles. The molecule has 0 unspecified atom stereocenters. The van der Waals surface area contributed by atoms with Gasteiger partial charge in [0.15, 0.2) is 11.5 Å². The Bertz CT molecular complexity index is 957. The van der Waals surface area contributed by atoms with Crippen molar-refractivity contribution in [3.63, 3.8) is 0 Å². The van der Waals surface area contributed by atoms with Gasteiger partial charge in [-0.1, -0.05) is 6.92 Å². The minimum atomic E-state index is -0.773. The normalized spacial score (nSPS) is 14.8. The lowest BCUT2D eigenvalue weighted by atomic mass is 10.1. The number of hydrogen-bond donors (Lipinski definition) is 1. The Labute approximate surface area is 155 Å². The van der Waals surface area contributed by atoms with Crippen molar-refractivity contribution in [1.29, 1.82) is 0 Å². The number of carbonyl (C=O) groups is 3. The summed E-state index contributed by atoms with van der Waals surface area (Å²) < 4.78 is 17.9. The van der Waals surface area contributed by atoms with Gasteiger partial charge in [0, 0.05) is 31.7 Å². The lowest BCUT2D eigenvalue weighted by molar-refractivity contribution is -0.133. The SMILES string of the molecule is CCNCCc1c2n(C)c3ccc(c(OC(C)=O)c13)OC(=O)/C=C/C(=O)O2. The molecule has 3 rings (SSSR count). The summed E-state index contributed by atoms with van der Waals surface area (Å²) in [4.78, 5) is 35.7. The van der Waals surface area contributed by atoms with E-state index < -0.39 is 17.9 Å². The van der Waals surface area contributed by atoms with Crippen molar-refractivity contribution in [1.82, 2.24) is 9.88 Å². The van der Waals surface area contributed by atoms with Gasteiger partial charge in [0.05, 0.1) is 10.9 Å². The molecule has 0 saturated carbocycles. The highest BCUT2D eigenvalue weighted by molar-refractivity contribution is 6.00. The predicted molar refractivity (Wildman–Crippen MR) is 96.9 cm³/mol. The second kappa shape index (κ2) is 7.63. The molecular weight excluding hydrogens is 352 g/mol. The molecule has 8 nitrogen and oxygen atoms in total. The highest BCUT2D eigenvalue weighted by atomic mass is 16.6. The first-order chi connectivity index (χ1) is 12.9. The number of nitrogens with one attached hydrogen (secondary N) is 1. The topological polar surface area (TPSA) is 95.9 Å². The van der Waals surface area contributed by atoms with Gasteiger partial charge < -0.3 is 24.1 Å². The monoisotopic (exact) mass is 372 g/mol. The van der Waals surface area contributed by atoms with Crippen molar-refractivity contribution in [3.8, 4) is 17.4 Å². The van der Waals surface area contributed by atoms with Crippen LogP contribution in [0.2, 0.25) is 0 Å². The minimum absolute atomic E-state index is 0.101. The second-order valence-electron chi connectivity index (χ2n) is 6.00. The first-order valence-electron chi connectivity index (χ1n) is 8.57. The molecule has 8 heteroatoms. The van der Waals surface area contributed by atoms with E-state index in [1.54, 1.807) is 23.7 Å². The summed E-state index contributed by atoms with van der Waals surface area (Å²) in [7, 11) is 1.75. The summed E-state index contributed by atoms with van der Waals surface area (Å²) in [5.41, 5.74) is 1.37. The van der Waals surface area contributed by atoms with Gasteiger partial charge in [-0.25, -0.2) is 9.59 Å². The van der Waals surface area contributed by atoms with E-state index >= 15 is 0 Å². The molecule has 0 fully saturated rings. The molecule has 2 heterocycles. The molecule has 1 aromatic carbocycles. The van der Waals surface area contributed by atoms with Crippen LogP contribution in [0, 0.1) is 0 Å². The Kier molecular flexibility index (Phi) is 5.27. The fourth-order valence-corrected chi connectivity index (χ4v) is 3.03. The third-order valence-corrected chi connectivity index (χ3v) is 4.14. The molecule has 1 aromatic heterocycles. The van der Waals surface area contributed by atoms with E-state index in [2.05, 4.69) is 5.32 Å². The van der Waals surface area contributed by atoms with E-state index in [0.717, 1.165) is 18.7 Å². The number of aromatic nitrogens is 1. The Hall–Kier alpha value is -3.13. The zero-order valence-corrected chi connectivity index (χ0v) is 15.3. The van der Waals surface area contributed by atoms with Crippen LogP contribution >= 0.6 is 0 Å². The van der Waals surface area contributed by atoms with Crippen LogP contribution in [0.4, 0.5) is 0 Å². The average Bonchev–Trinajstić information content (AvgIpc) is 2.86. The van der Waals surface area contributed by atoms with Gasteiger partial charge in [0.1, 0.15) is 0 Å². The summed E-state index contributed by atoms with van der Waals surface area (Å²) in [5.74, 6) is -1.46. The molecule has 0 saturated heterocycles. The van der Waals surface area contributed by atoms with Crippen molar-refractivity contribution >= 4 is 28.8 Å². The average molecular weight is 372 g/mol. The lowest BCUT2D eigenvalue weighted by Gasteiger charge is -2.11. The van der Waals surface area contributed by atoms with Gasteiger partial charge in [-0.15, -0.1) is 0 Å². The van der Waals surface area contributed by atoms with Crippen LogP contribution in [-0.4, -0.2) is 35.6 Å². The third-order valence-electron chi connectivity index (χ3n) is 4.14. The number of hydrogen-bond acceptors (Lipinski definition) is 7. The zero-order chi connectivity index (χ0) is 19.6. The number of likely N-dealkylation sites (N-methyl/N-ethyl adjacent to an activating group) is 1. The predicted octanol–water partition coefficient (Wildman–Crippen LogP) is 1.64. The van der Waals surface area contributed by atoms with Crippen molar-refractivity contribution in [2.24, 2.45) is 7.05 Å². The van der Waals surface area contributed by atoms with Crippen molar-refractivity contribution in [2.45, 2.75) is 20.3 Å². The molecular formula is C19H20N2O6. The number of nitrogens with zero attached hydrogens (tertiary/aromatic N) is 1. The Morgan fingerprint density at radius 3 is 2.56 bits per heavy atom. The highest BCUT2D eigenvalue weighted by Crippen LogP contribution is 2.43. The summed E-state index contributed by atoms with van der Waals surface area (Å²) in [6.45, 7) is 4.66. The molecule has 0 amide bonds. The largest absolute Gasteiger partial charge is 0.422 e. The zero-order valence-electron chi connectivity index (χ0n) is 15.3. The summed E-state index contributed by atoms with van der Waals surface area (Å²) in [5, 5.41) is 3.79. The standard InChI is InChI=1S/C19H20N2O6/c1-4-20-10-9-12-17-13-5-6-14(18(17)25-11(2)22)26-15(23)7-8-16(24)27-19(12)21(13)3/h5-8,20H,4,9-10H2,1-3H3/b8-7+. The molecule has 1 N–H and O–H groups in total. The summed E-state index contributed by atoms with van der Waals surface area (Å²) in [6, 6.07) is 3.28. The van der Waals surface area contributed by atoms with Gasteiger partial charge in [0.2, 0.25) is 5.88 Å². The Morgan fingerprint density at radius 1 is 1.19 bits per heavy atom. The van der Waals surface area contributed by atoms with Gasteiger partial charge >= 0.3 is 17.9 Å². The quantitative estimate of drug-likeness (QED) is 0.484. The van der Waals surface area contributed by atoms with Crippen LogP contribution in [0.15, 0.2) is 24.3 Å². The van der Waals surface area contributed by atoms with E-state index in [1.165, 1.54) is 6.92 Å². The van der Waals surface area contributed by atoms with Gasteiger partial charge in [-0.05, 0) is 31.6 Å². The molecule has 1 aliphatic rings. The highest BCUT2D eigenvalue weighted by Gasteiger charge is 2.26. The van der Waals surface area contributed by atoms with Crippen LogP contribution in [0.3, 0.4) is 0 Å². The number of benzene rings is 1. The fourth-order valence-electron chi connectivity index (χ4n) is 3.03. The maximum Gasteiger partial charge on any atom is 0.337 e. The van der Waals surface area contributed by atoms with Crippen LogP contribution < -0.4 is 19.5 Å². The van der Waals surface area contributed by atoms with Crippen LogP contribution in [0.25, 0.3) is 10.9 Å². The van der Waals surface area contributed by atoms with E-state index in [9.17, 15) is 14.4 Å². The van der Waals surface area contributed by atoms with Crippen molar-refractivity contribution in [2.75, 3.05) is 13.1 Å². The number of esters is 3. The lowest BCUT2D eigenvalue weighted by Crippen LogP contribution is -2.17. The van der Waals surface area contributed by atoms with Crippen molar-refractivity contribution in [3.05, 3.63) is 29.8 Å². The molecule has 27 heavy (non-hydrogen) atoms. The number of ether oxygens (including phenoxy) is 3. The van der Waals surface area contributed by atoms with E-state index in [1.807, 2.05) is 6.92 Å². The number of carbonyl (C=O) groups excluding carboxylic acids is 3. The van der Waals surface area contributed by atoms with E-state index in [4.69, 9.17) is 14.2 Å². The second-order valence-corrected chi connectivity index (χ2v) is 6.00. The maximum absolute atomic E-state index is 12.1. The Morgan fingerprint density at radius 2 is 1.89 bits per heavy atom. The first kappa shape index (κ1) is 18.7. The van der Waals surface area contributed by atoms with Gasteiger partial charge in [0.25, 0.3) is 0 Å². The third kappa shape index (κ3) is 3.70. The molecule has 0 atom stereocenters. The molecule has 0 aliphatic carbocycles. The molecule has 0 spiro atoms. The summed E-state index contributed by atoms with van der Waals surface area (Å²) >= 11 is 0. The fraction of sp³-hybridized carbons (Fsp3) is 0.316. The smallest absolute Gasteiger partial charge is 0.337 e. The molecule has 2 aromatic rings. The maximum atomic E-state index is 12.1. The molecule has 3 bridgehead atoms. The van der Waals surface area contributed by atoms with E-state index in [0.29, 0.717) is 35.3 Å². The van der Waals surface area contributed by atoms with Crippen LogP contribution in [0.5, 0.6) is 17.4 Å². The Balaban J connectivity index is 2.31. The minimum Gasteiger partial charge on any atom is -0.422 e. The van der Waals surface area contributed by atoms with Crippen molar-refractivity contribution < 1.29 is 28.6 Å². The first-order valence-corrected chi connectivity index (χ1v) is 8.57. The van der Waals surface area contributed by atoms with Gasteiger partial charge in [-0.2, -0.15) is 0 Å². The number of aryl methyl sites for hydroxylation is 1. The van der Waals surface area contributed by atoms with Gasteiger partial charge in [-0.3, -0.25) is 4.79 Å². The molecule has 142 valence electrons.